The van der Waals surface area contributed by atoms with E-state index in [4.69, 9.17) is 5.73 Å². The number of aliphatic hydroxyl groups excluding tert-OH is 1. The topological polar surface area (TPSA) is 290 Å². The van der Waals surface area contributed by atoms with Gasteiger partial charge in [0.2, 0.25) is 35.4 Å². The van der Waals surface area contributed by atoms with Gasteiger partial charge in [0.15, 0.2) is 0 Å². The van der Waals surface area contributed by atoms with Crippen molar-refractivity contribution in [3.05, 3.63) is 0 Å². The zero-order valence-electron chi connectivity index (χ0n) is 28.9. The smallest absolute Gasteiger partial charge is 0.326 e. The Morgan fingerprint density at radius 2 is 1.47 bits per heavy atom. The SMILES string of the molecule is CC(O)C(NC(=O)C(CCCCN)NC(=O)CNC(=O)C1CCCN1)C(=O)N1CCCC1C(=O)NC(CCC(=O)O)C(=O)N1CCCC1C(=O)O. The molecule has 0 saturated carbocycles. The van der Waals surface area contributed by atoms with Gasteiger partial charge >= 0.3 is 11.9 Å². The minimum absolute atomic E-state index is 0.0726. The van der Waals surface area contributed by atoms with E-state index < -0.39 is 90.3 Å². The molecule has 7 unspecified atom stereocenters. The Balaban J connectivity index is 1.69. The standard InChI is InChI=1S/C32H52N8O11/c1-18(41)26(38-28(46)20(7-2-3-13-33)36-24(42)17-35-27(45)19-8-4-14-34-19)31(49)39-15-5-9-22(39)29(47)37-21(11-12-25(43)44)30(48)40-16-6-10-23(40)32(50)51/h18-23,26,34,41H,2-17,33H2,1H3,(H,35,45)(H,36,42)(H,37,47)(H,38,46)(H,43,44)(H,50,51). The molecule has 7 atom stereocenters. The van der Waals surface area contributed by atoms with Crippen molar-refractivity contribution in [3.63, 3.8) is 0 Å². The summed E-state index contributed by atoms with van der Waals surface area (Å²) >= 11 is 0. The molecule has 6 amide bonds. The molecule has 0 aliphatic carbocycles. The summed E-state index contributed by atoms with van der Waals surface area (Å²) in [5.41, 5.74) is 5.60. The fourth-order valence-electron chi connectivity index (χ4n) is 6.61. The van der Waals surface area contributed by atoms with Crippen LogP contribution in [0.25, 0.3) is 0 Å². The number of amides is 6. The Morgan fingerprint density at radius 3 is 2.06 bits per heavy atom. The number of aliphatic hydroxyl groups is 1. The lowest BCUT2D eigenvalue weighted by Gasteiger charge is -2.32. The lowest BCUT2D eigenvalue weighted by Crippen LogP contribution is -2.61. The van der Waals surface area contributed by atoms with Crippen LogP contribution in [0.1, 0.15) is 77.6 Å². The van der Waals surface area contributed by atoms with E-state index >= 15 is 0 Å². The Hall–Kier alpha value is -4.36. The van der Waals surface area contributed by atoms with Crippen LogP contribution in [0, 0.1) is 0 Å². The second-order valence-electron chi connectivity index (χ2n) is 13.2. The van der Waals surface area contributed by atoms with Crippen LogP contribution < -0.4 is 32.3 Å². The Labute approximate surface area is 295 Å². The molecule has 3 heterocycles. The number of carboxylic acid groups (broad SMARTS) is 2. The molecule has 0 aromatic carbocycles. The number of carbonyl (C=O) groups excluding carboxylic acids is 6. The van der Waals surface area contributed by atoms with E-state index in [0.29, 0.717) is 45.2 Å². The molecule has 3 rings (SSSR count). The number of unbranched alkanes of at least 4 members (excludes halogenated alkanes) is 1. The van der Waals surface area contributed by atoms with Crippen LogP contribution in [0.5, 0.6) is 0 Å². The van der Waals surface area contributed by atoms with Crippen molar-refractivity contribution >= 4 is 47.4 Å². The minimum atomic E-state index is -1.53. The number of carboxylic acids is 2. The lowest BCUT2D eigenvalue weighted by atomic mass is 10.1. The zero-order valence-corrected chi connectivity index (χ0v) is 28.9. The van der Waals surface area contributed by atoms with Crippen molar-refractivity contribution in [1.29, 1.82) is 0 Å². The molecule has 0 aromatic rings. The van der Waals surface area contributed by atoms with Gasteiger partial charge in [-0.25, -0.2) is 4.79 Å². The molecule has 3 aliphatic heterocycles. The number of hydrogen-bond donors (Lipinski definition) is 9. The number of carbonyl (C=O) groups is 8. The van der Waals surface area contributed by atoms with Crippen LogP contribution in [-0.4, -0.2) is 148 Å². The minimum Gasteiger partial charge on any atom is -0.481 e. The van der Waals surface area contributed by atoms with Gasteiger partial charge in [-0.2, -0.15) is 0 Å². The first-order chi connectivity index (χ1) is 24.2. The molecular formula is C32H52N8O11. The third-order valence-corrected chi connectivity index (χ3v) is 9.37. The molecule has 286 valence electrons. The Morgan fingerprint density at radius 1 is 0.804 bits per heavy atom. The van der Waals surface area contributed by atoms with Crippen LogP contribution in [0.4, 0.5) is 0 Å². The van der Waals surface area contributed by atoms with Crippen LogP contribution in [0.2, 0.25) is 0 Å². The highest BCUT2D eigenvalue weighted by molar-refractivity contribution is 5.97. The molecule has 0 aromatic heterocycles. The molecule has 51 heavy (non-hydrogen) atoms. The van der Waals surface area contributed by atoms with Crippen LogP contribution in [0.15, 0.2) is 0 Å². The van der Waals surface area contributed by atoms with Crippen molar-refractivity contribution in [2.75, 3.05) is 32.7 Å². The highest BCUT2D eigenvalue weighted by Crippen LogP contribution is 2.22. The molecule has 0 bridgehead atoms. The molecule has 0 radical (unpaired) electrons. The summed E-state index contributed by atoms with van der Waals surface area (Å²) in [6.07, 6.45) is 1.54. The maximum Gasteiger partial charge on any atom is 0.326 e. The second kappa shape index (κ2) is 19.9. The molecular weight excluding hydrogens is 672 g/mol. The van der Waals surface area contributed by atoms with Gasteiger partial charge in [-0.1, -0.05) is 0 Å². The van der Waals surface area contributed by atoms with Gasteiger partial charge in [-0.05, 0) is 84.2 Å². The summed E-state index contributed by atoms with van der Waals surface area (Å²) in [6.45, 7) is 2.12. The summed E-state index contributed by atoms with van der Waals surface area (Å²) in [7, 11) is 0. The largest absolute Gasteiger partial charge is 0.481 e. The van der Waals surface area contributed by atoms with E-state index in [1.165, 1.54) is 6.92 Å². The number of rotatable bonds is 19. The summed E-state index contributed by atoms with van der Waals surface area (Å²) in [6, 6.07) is -6.69. The molecule has 0 spiro atoms. The monoisotopic (exact) mass is 724 g/mol. The molecule has 10 N–H and O–H groups in total. The van der Waals surface area contributed by atoms with E-state index in [2.05, 4.69) is 26.6 Å². The Bertz CT molecular complexity index is 1290. The van der Waals surface area contributed by atoms with E-state index in [-0.39, 0.29) is 51.2 Å². The van der Waals surface area contributed by atoms with E-state index in [9.17, 15) is 53.7 Å². The quantitative estimate of drug-likeness (QED) is 0.0593. The van der Waals surface area contributed by atoms with Gasteiger partial charge < -0.3 is 57.4 Å². The predicted molar refractivity (Wildman–Crippen MR) is 178 cm³/mol. The number of nitrogens with two attached hydrogens (primary N) is 1. The van der Waals surface area contributed by atoms with Gasteiger partial charge in [-0.3, -0.25) is 33.6 Å². The van der Waals surface area contributed by atoms with E-state index in [1.807, 2.05) is 0 Å². The van der Waals surface area contributed by atoms with E-state index in [1.54, 1.807) is 0 Å². The van der Waals surface area contributed by atoms with Gasteiger partial charge in [-0.15, -0.1) is 0 Å². The first-order valence-corrected chi connectivity index (χ1v) is 17.6. The summed E-state index contributed by atoms with van der Waals surface area (Å²) in [4.78, 5) is 105. The number of nitrogens with zero attached hydrogens (tertiary/aromatic N) is 2. The molecule has 19 heteroatoms. The van der Waals surface area contributed by atoms with Gasteiger partial charge in [0.05, 0.1) is 18.7 Å². The third kappa shape index (κ3) is 11.9. The first kappa shape index (κ1) is 41.1. The van der Waals surface area contributed by atoms with Crippen molar-refractivity contribution in [2.45, 2.75) is 120 Å². The first-order valence-electron chi connectivity index (χ1n) is 17.6. The fraction of sp³-hybridized carbons (Fsp3) is 0.750. The van der Waals surface area contributed by atoms with Crippen molar-refractivity contribution < 1.29 is 53.7 Å². The summed E-state index contributed by atoms with van der Waals surface area (Å²) in [5.74, 6) is -6.50. The highest BCUT2D eigenvalue weighted by atomic mass is 16.4. The normalized spacial score (nSPS) is 22.4. The third-order valence-electron chi connectivity index (χ3n) is 9.37. The number of aliphatic carboxylic acids is 2. The van der Waals surface area contributed by atoms with Gasteiger partial charge in [0, 0.05) is 19.5 Å². The maximum atomic E-state index is 13.8. The zero-order chi connectivity index (χ0) is 37.7. The lowest BCUT2D eigenvalue weighted by molar-refractivity contribution is -0.150. The summed E-state index contributed by atoms with van der Waals surface area (Å²) in [5, 5.41) is 42.6. The average molecular weight is 725 g/mol. The molecule has 3 saturated heterocycles. The van der Waals surface area contributed by atoms with Gasteiger partial charge in [0.25, 0.3) is 0 Å². The Kier molecular flexibility index (Phi) is 16.0. The number of likely N-dealkylation sites (tertiary alicyclic amines) is 2. The summed E-state index contributed by atoms with van der Waals surface area (Å²) < 4.78 is 0. The fourth-order valence-corrected chi connectivity index (χ4v) is 6.61. The van der Waals surface area contributed by atoms with E-state index in [0.717, 1.165) is 16.2 Å². The maximum absolute atomic E-state index is 13.8. The van der Waals surface area contributed by atoms with Gasteiger partial charge in [0.1, 0.15) is 30.2 Å². The second-order valence-corrected chi connectivity index (χ2v) is 13.2. The number of hydrogen-bond acceptors (Lipinski definition) is 11. The van der Waals surface area contributed by atoms with Crippen molar-refractivity contribution in [3.8, 4) is 0 Å². The average Bonchev–Trinajstić information content (AvgIpc) is 3.89. The van der Waals surface area contributed by atoms with Crippen LogP contribution in [-0.2, 0) is 38.4 Å². The molecule has 3 aliphatic rings. The van der Waals surface area contributed by atoms with Crippen molar-refractivity contribution in [1.82, 2.24) is 36.4 Å². The van der Waals surface area contributed by atoms with Crippen LogP contribution in [0.3, 0.4) is 0 Å². The molecule has 3 fully saturated rings. The van der Waals surface area contributed by atoms with Crippen molar-refractivity contribution in [2.24, 2.45) is 5.73 Å². The number of nitrogens with one attached hydrogen (secondary N) is 5. The highest BCUT2D eigenvalue weighted by Gasteiger charge is 2.42. The predicted octanol–water partition coefficient (Wildman–Crippen LogP) is -3.25. The van der Waals surface area contributed by atoms with Crippen LogP contribution >= 0.6 is 0 Å². The molecule has 19 nitrogen and oxygen atoms in total.